The number of carbonyl (C=O) groups excluding carboxylic acids is 1. The zero-order chi connectivity index (χ0) is 32.2. The minimum Gasteiger partial charge on any atom is -0.493 e. The second kappa shape index (κ2) is 13.8. The summed E-state index contributed by atoms with van der Waals surface area (Å²) in [5.74, 6) is 0.737. The molecule has 3 aromatic carbocycles. The van der Waals surface area contributed by atoms with Gasteiger partial charge in [-0.3, -0.25) is 9.36 Å². The molecule has 5 rings (SSSR count). The van der Waals surface area contributed by atoms with Gasteiger partial charge < -0.3 is 18.9 Å². The molecule has 1 atom stereocenters. The molecule has 8 nitrogen and oxygen atoms in total. The first kappa shape index (κ1) is 32.2. The summed E-state index contributed by atoms with van der Waals surface area (Å²) >= 11 is 4.78. The number of ether oxygens (including phenoxy) is 4. The van der Waals surface area contributed by atoms with E-state index in [2.05, 4.69) is 20.9 Å². The van der Waals surface area contributed by atoms with E-state index in [1.165, 1.54) is 28.0 Å². The van der Waals surface area contributed by atoms with Gasteiger partial charge in [-0.15, -0.1) is 0 Å². The van der Waals surface area contributed by atoms with Gasteiger partial charge in [-0.25, -0.2) is 14.2 Å². The molecule has 11 heteroatoms. The molecule has 2 heterocycles. The normalized spacial score (nSPS) is 14.7. The van der Waals surface area contributed by atoms with Gasteiger partial charge in [0.25, 0.3) is 5.56 Å². The first-order valence-corrected chi connectivity index (χ1v) is 15.9. The van der Waals surface area contributed by atoms with E-state index in [1.807, 2.05) is 32.0 Å². The molecule has 0 bridgehead atoms. The molecule has 0 unspecified atom stereocenters. The second-order valence-corrected chi connectivity index (χ2v) is 12.4. The van der Waals surface area contributed by atoms with Gasteiger partial charge in [0, 0.05) is 0 Å². The van der Waals surface area contributed by atoms with E-state index < -0.39 is 12.0 Å². The predicted molar refractivity (Wildman–Crippen MR) is 174 cm³/mol. The van der Waals surface area contributed by atoms with E-state index >= 15 is 0 Å². The van der Waals surface area contributed by atoms with Crippen LogP contribution in [0, 0.1) is 5.82 Å². The van der Waals surface area contributed by atoms with Gasteiger partial charge in [0.1, 0.15) is 18.2 Å². The van der Waals surface area contributed by atoms with Crippen molar-refractivity contribution in [3.8, 4) is 17.2 Å². The Morgan fingerprint density at radius 2 is 1.89 bits per heavy atom. The molecule has 4 aromatic rings. The summed E-state index contributed by atoms with van der Waals surface area (Å²) in [7, 11) is 1.54. The van der Waals surface area contributed by atoms with Crippen LogP contribution in [0.4, 0.5) is 4.39 Å². The molecule has 45 heavy (non-hydrogen) atoms. The van der Waals surface area contributed by atoms with Crippen LogP contribution in [0.25, 0.3) is 6.08 Å². The summed E-state index contributed by atoms with van der Waals surface area (Å²) in [5.41, 5.74) is 2.55. The number of esters is 1. The van der Waals surface area contributed by atoms with Gasteiger partial charge in [-0.2, -0.15) is 0 Å². The number of thiazole rings is 1. The number of halogens is 2. The average Bonchev–Trinajstić information content (AvgIpc) is 3.29. The summed E-state index contributed by atoms with van der Waals surface area (Å²) in [6, 6.07) is 16.3. The van der Waals surface area contributed by atoms with Crippen LogP contribution in [0.5, 0.6) is 17.2 Å². The molecule has 0 spiro atoms. The van der Waals surface area contributed by atoms with Gasteiger partial charge in [-0.1, -0.05) is 35.6 Å². The van der Waals surface area contributed by atoms with Crippen molar-refractivity contribution >= 4 is 39.3 Å². The molecular weight excluding hydrogens is 663 g/mol. The van der Waals surface area contributed by atoms with E-state index in [-0.39, 0.29) is 36.3 Å². The minimum absolute atomic E-state index is 0.0752. The highest BCUT2D eigenvalue weighted by atomic mass is 79.9. The van der Waals surface area contributed by atoms with Crippen LogP contribution in [0.3, 0.4) is 0 Å². The Morgan fingerprint density at radius 1 is 1.11 bits per heavy atom. The molecule has 0 N–H and O–H groups in total. The Balaban J connectivity index is 1.55. The van der Waals surface area contributed by atoms with Gasteiger partial charge in [0.15, 0.2) is 16.3 Å². The first-order chi connectivity index (χ1) is 21.6. The number of hydrogen-bond acceptors (Lipinski definition) is 8. The van der Waals surface area contributed by atoms with Gasteiger partial charge in [-0.05, 0) is 103 Å². The third-order valence-corrected chi connectivity index (χ3v) is 8.52. The van der Waals surface area contributed by atoms with Crippen LogP contribution < -0.4 is 29.1 Å². The van der Waals surface area contributed by atoms with E-state index in [0.717, 1.165) is 5.56 Å². The van der Waals surface area contributed by atoms with Gasteiger partial charge >= 0.3 is 5.97 Å². The standard InChI is InChI=1S/C34H32BrFN2O6S/c1-6-42-33(40)30-20(4)37-34-38(31(30)23-11-13-27(44-19(2)3)28(17-23)41-5)32(39)29(45-34)16-21-10-12-26(25(35)15-21)43-18-22-8-7-9-24(36)14-22/h7-17,19,31H,6,18H2,1-5H3/b29-16-/t31-/m0/s1. The molecular formula is C34H32BrFN2O6S. The molecule has 0 aliphatic carbocycles. The van der Waals surface area contributed by atoms with Crippen molar-refractivity contribution in [2.45, 2.75) is 46.4 Å². The third-order valence-electron chi connectivity index (χ3n) is 6.92. The fourth-order valence-electron chi connectivity index (χ4n) is 4.98. The van der Waals surface area contributed by atoms with Crippen molar-refractivity contribution in [1.29, 1.82) is 0 Å². The van der Waals surface area contributed by atoms with Crippen LogP contribution in [0.2, 0.25) is 0 Å². The van der Waals surface area contributed by atoms with E-state index in [1.54, 1.807) is 57.4 Å². The van der Waals surface area contributed by atoms with E-state index in [9.17, 15) is 14.0 Å². The predicted octanol–water partition coefficient (Wildman–Crippen LogP) is 6.07. The molecule has 0 radical (unpaired) electrons. The highest BCUT2D eigenvalue weighted by Crippen LogP contribution is 2.36. The lowest BCUT2D eigenvalue weighted by Gasteiger charge is -2.25. The molecule has 234 valence electrons. The maximum atomic E-state index is 14.0. The van der Waals surface area contributed by atoms with Crippen molar-refractivity contribution in [1.82, 2.24) is 4.57 Å². The van der Waals surface area contributed by atoms with E-state index in [4.69, 9.17) is 18.9 Å². The lowest BCUT2D eigenvalue weighted by Crippen LogP contribution is -2.40. The molecule has 1 aliphatic rings. The number of aromatic nitrogens is 1. The number of carbonyl (C=O) groups is 1. The van der Waals surface area contributed by atoms with Crippen LogP contribution in [0.15, 0.2) is 86.2 Å². The topological polar surface area (TPSA) is 88.4 Å². The summed E-state index contributed by atoms with van der Waals surface area (Å²) in [6.45, 7) is 7.68. The Hall–Kier alpha value is -4.22. The molecule has 0 saturated carbocycles. The number of rotatable bonds is 10. The van der Waals surface area contributed by atoms with Crippen molar-refractivity contribution in [3.05, 3.63) is 119 Å². The average molecular weight is 696 g/mol. The van der Waals surface area contributed by atoms with Crippen molar-refractivity contribution in [2.75, 3.05) is 13.7 Å². The monoisotopic (exact) mass is 694 g/mol. The maximum Gasteiger partial charge on any atom is 0.338 e. The number of nitrogens with zero attached hydrogens (tertiary/aromatic N) is 2. The summed E-state index contributed by atoms with van der Waals surface area (Å²) < 4.78 is 39.0. The maximum absolute atomic E-state index is 14.0. The Labute approximate surface area is 272 Å². The largest absolute Gasteiger partial charge is 0.493 e. The number of allylic oxidation sites excluding steroid dienone is 1. The SMILES string of the molecule is CCOC(=O)C1=C(C)N=c2s/c(=C\c3ccc(OCc4cccc(F)c4)c(Br)c3)c(=O)n2[C@H]1c1ccc(OC(C)C)c(OC)c1. The zero-order valence-electron chi connectivity index (χ0n) is 25.4. The molecule has 1 aliphatic heterocycles. The number of benzene rings is 3. The smallest absolute Gasteiger partial charge is 0.338 e. The lowest BCUT2D eigenvalue weighted by molar-refractivity contribution is -0.139. The Bertz CT molecular complexity index is 1970. The fourth-order valence-corrected chi connectivity index (χ4v) is 6.53. The third kappa shape index (κ3) is 7.04. The number of fused-ring (bicyclic) bond motifs is 1. The number of methoxy groups -OCH3 is 1. The van der Waals surface area contributed by atoms with Crippen molar-refractivity contribution in [3.63, 3.8) is 0 Å². The van der Waals surface area contributed by atoms with Crippen molar-refractivity contribution in [2.24, 2.45) is 4.99 Å². The summed E-state index contributed by atoms with van der Waals surface area (Å²) in [4.78, 5) is 32.4. The van der Waals surface area contributed by atoms with Crippen LogP contribution in [0.1, 0.15) is 50.4 Å². The fraction of sp³-hybridized carbons (Fsp3) is 0.265. The molecule has 0 saturated heterocycles. The van der Waals surface area contributed by atoms with Gasteiger partial charge in [0.05, 0.1) is 46.1 Å². The van der Waals surface area contributed by atoms with Crippen LogP contribution in [-0.2, 0) is 16.1 Å². The summed E-state index contributed by atoms with van der Waals surface area (Å²) in [5, 5.41) is 0. The van der Waals surface area contributed by atoms with Crippen LogP contribution >= 0.6 is 27.3 Å². The lowest BCUT2D eigenvalue weighted by atomic mass is 9.95. The second-order valence-electron chi connectivity index (χ2n) is 10.5. The number of hydrogen-bond donors (Lipinski definition) is 0. The molecule has 0 fully saturated rings. The minimum atomic E-state index is -0.796. The highest BCUT2D eigenvalue weighted by Gasteiger charge is 2.34. The summed E-state index contributed by atoms with van der Waals surface area (Å²) in [6.07, 6.45) is 1.69. The Kier molecular flexibility index (Phi) is 9.89. The Morgan fingerprint density at radius 3 is 2.58 bits per heavy atom. The van der Waals surface area contributed by atoms with E-state index in [0.29, 0.717) is 47.9 Å². The quantitative estimate of drug-likeness (QED) is 0.187. The van der Waals surface area contributed by atoms with Crippen molar-refractivity contribution < 1.29 is 28.1 Å². The molecule has 1 aromatic heterocycles. The zero-order valence-corrected chi connectivity index (χ0v) is 27.8. The first-order valence-electron chi connectivity index (χ1n) is 14.3. The highest BCUT2D eigenvalue weighted by molar-refractivity contribution is 9.10. The van der Waals surface area contributed by atoms with Gasteiger partial charge in [0.2, 0.25) is 0 Å². The van der Waals surface area contributed by atoms with Crippen LogP contribution in [-0.4, -0.2) is 30.4 Å². The molecule has 0 amide bonds.